The van der Waals surface area contributed by atoms with Gasteiger partial charge in [-0.25, -0.2) is 0 Å². The molecule has 0 radical (unpaired) electrons. The number of hydrogen-bond donors (Lipinski definition) is 2. The fourth-order valence-electron chi connectivity index (χ4n) is 1.35. The van der Waals surface area contributed by atoms with Gasteiger partial charge in [-0.1, -0.05) is 0 Å². The van der Waals surface area contributed by atoms with Gasteiger partial charge in [0, 0.05) is 25.9 Å². The zero-order valence-electron chi connectivity index (χ0n) is 10.7. The summed E-state index contributed by atoms with van der Waals surface area (Å²) in [6, 6.07) is 7.95. The van der Waals surface area contributed by atoms with Crippen LogP contribution in [0.15, 0.2) is 24.3 Å². The molecule has 0 saturated carbocycles. The van der Waals surface area contributed by atoms with Crippen LogP contribution in [0.3, 0.4) is 0 Å². The summed E-state index contributed by atoms with van der Waals surface area (Å²) in [5.41, 5.74) is 1.09. The molecule has 0 atom stereocenters. The number of nitrogens with one attached hydrogen (secondary N) is 2. The Morgan fingerprint density at radius 1 is 1.18 bits per heavy atom. The Morgan fingerprint density at radius 2 is 1.94 bits per heavy atom. The molecule has 1 aromatic rings. The predicted octanol–water partition coefficient (Wildman–Crippen LogP) is 2.08. The molecular weight excluding hydrogens is 216 g/mol. The lowest BCUT2D eigenvalue weighted by atomic mass is 10.3. The van der Waals surface area contributed by atoms with Gasteiger partial charge in [0.05, 0.1) is 13.3 Å². The summed E-state index contributed by atoms with van der Waals surface area (Å²) in [5.74, 6) is 0.911. The van der Waals surface area contributed by atoms with Crippen LogP contribution in [0.4, 0.5) is 5.69 Å². The van der Waals surface area contributed by atoms with E-state index in [1.54, 1.807) is 0 Å². The molecule has 4 nitrogen and oxygen atoms in total. The van der Waals surface area contributed by atoms with Crippen LogP contribution >= 0.6 is 0 Å². The molecule has 1 aromatic carbocycles. The van der Waals surface area contributed by atoms with Gasteiger partial charge >= 0.3 is 0 Å². The highest BCUT2D eigenvalue weighted by atomic mass is 16.5. The minimum Gasteiger partial charge on any atom is -0.494 e. The van der Waals surface area contributed by atoms with Crippen molar-refractivity contribution in [2.45, 2.75) is 13.3 Å². The molecule has 17 heavy (non-hydrogen) atoms. The first kappa shape index (κ1) is 13.8. The highest BCUT2D eigenvalue weighted by Gasteiger charge is 1.94. The van der Waals surface area contributed by atoms with Gasteiger partial charge in [0.15, 0.2) is 0 Å². The SMILES string of the molecule is CCOCNCCCOc1ccc(NC)cc1. The molecule has 0 unspecified atom stereocenters. The maximum Gasteiger partial charge on any atom is 0.119 e. The third-order valence-electron chi connectivity index (χ3n) is 2.32. The van der Waals surface area contributed by atoms with E-state index in [1.807, 2.05) is 38.2 Å². The second kappa shape index (κ2) is 8.84. The van der Waals surface area contributed by atoms with Crippen LogP contribution in [0.25, 0.3) is 0 Å². The van der Waals surface area contributed by atoms with E-state index in [1.165, 1.54) is 0 Å². The highest BCUT2D eigenvalue weighted by Crippen LogP contribution is 2.14. The van der Waals surface area contributed by atoms with Gasteiger partial charge in [-0.05, 0) is 37.6 Å². The van der Waals surface area contributed by atoms with Gasteiger partial charge in [0.1, 0.15) is 5.75 Å². The van der Waals surface area contributed by atoms with E-state index in [4.69, 9.17) is 9.47 Å². The molecule has 0 fully saturated rings. The summed E-state index contributed by atoms with van der Waals surface area (Å²) in [7, 11) is 1.90. The Balaban J connectivity index is 2.05. The number of benzene rings is 1. The fraction of sp³-hybridized carbons (Fsp3) is 0.538. The van der Waals surface area contributed by atoms with Crippen molar-refractivity contribution in [3.8, 4) is 5.75 Å². The zero-order chi connectivity index (χ0) is 12.3. The molecule has 0 aliphatic carbocycles. The lowest BCUT2D eigenvalue weighted by molar-refractivity contribution is 0.127. The maximum absolute atomic E-state index is 5.60. The first-order chi connectivity index (χ1) is 8.36. The third-order valence-corrected chi connectivity index (χ3v) is 2.32. The first-order valence-corrected chi connectivity index (χ1v) is 6.06. The monoisotopic (exact) mass is 238 g/mol. The van der Waals surface area contributed by atoms with Crippen LogP contribution < -0.4 is 15.4 Å². The summed E-state index contributed by atoms with van der Waals surface area (Å²) in [6.45, 7) is 4.99. The molecule has 2 N–H and O–H groups in total. The lowest BCUT2D eigenvalue weighted by Crippen LogP contribution is -2.20. The van der Waals surface area contributed by atoms with Crippen molar-refractivity contribution in [3.05, 3.63) is 24.3 Å². The lowest BCUT2D eigenvalue weighted by Gasteiger charge is -2.08. The Labute approximate surface area is 103 Å². The van der Waals surface area contributed by atoms with E-state index < -0.39 is 0 Å². The number of anilines is 1. The molecule has 1 rings (SSSR count). The second-order valence-electron chi connectivity index (χ2n) is 3.61. The Morgan fingerprint density at radius 3 is 2.59 bits per heavy atom. The topological polar surface area (TPSA) is 42.5 Å². The van der Waals surface area contributed by atoms with Crippen molar-refractivity contribution in [1.82, 2.24) is 5.32 Å². The quantitative estimate of drug-likeness (QED) is 0.510. The van der Waals surface area contributed by atoms with Crippen LogP contribution in [-0.4, -0.2) is 33.5 Å². The van der Waals surface area contributed by atoms with E-state index in [2.05, 4.69) is 10.6 Å². The molecular formula is C13H22N2O2. The standard InChI is InChI=1S/C13H22N2O2/c1-3-16-11-15-9-4-10-17-13-7-5-12(14-2)6-8-13/h5-8,14-15H,3-4,9-11H2,1-2H3. The molecule has 0 bridgehead atoms. The molecule has 0 aromatic heterocycles. The summed E-state index contributed by atoms with van der Waals surface area (Å²) in [4.78, 5) is 0. The molecule has 0 saturated heterocycles. The average molecular weight is 238 g/mol. The molecule has 0 spiro atoms. The normalized spacial score (nSPS) is 10.2. The van der Waals surface area contributed by atoms with Gasteiger partial charge in [-0.3, -0.25) is 5.32 Å². The molecule has 96 valence electrons. The summed E-state index contributed by atoms with van der Waals surface area (Å²) >= 11 is 0. The van der Waals surface area contributed by atoms with Crippen LogP contribution in [0.2, 0.25) is 0 Å². The number of ether oxygens (including phenoxy) is 2. The van der Waals surface area contributed by atoms with E-state index in [9.17, 15) is 0 Å². The number of hydrogen-bond acceptors (Lipinski definition) is 4. The van der Waals surface area contributed by atoms with Crippen LogP contribution in [0.5, 0.6) is 5.75 Å². The van der Waals surface area contributed by atoms with Crippen molar-refractivity contribution < 1.29 is 9.47 Å². The van der Waals surface area contributed by atoms with Gasteiger partial charge in [0.25, 0.3) is 0 Å². The minimum atomic E-state index is 0.618. The Bertz CT molecular complexity index is 288. The van der Waals surface area contributed by atoms with Crippen LogP contribution in [-0.2, 0) is 4.74 Å². The van der Waals surface area contributed by atoms with E-state index in [0.29, 0.717) is 6.73 Å². The Hall–Kier alpha value is -1.26. The van der Waals surface area contributed by atoms with E-state index in [0.717, 1.165) is 37.6 Å². The van der Waals surface area contributed by atoms with Crippen molar-refractivity contribution in [2.24, 2.45) is 0 Å². The van der Waals surface area contributed by atoms with Gasteiger partial charge < -0.3 is 14.8 Å². The summed E-state index contributed by atoms with van der Waals surface area (Å²) < 4.78 is 10.8. The molecule has 0 aliphatic rings. The smallest absolute Gasteiger partial charge is 0.119 e. The van der Waals surface area contributed by atoms with Crippen molar-refractivity contribution >= 4 is 5.69 Å². The second-order valence-corrected chi connectivity index (χ2v) is 3.61. The van der Waals surface area contributed by atoms with E-state index in [-0.39, 0.29) is 0 Å². The summed E-state index contributed by atoms with van der Waals surface area (Å²) in [6.07, 6.45) is 0.973. The molecule has 0 heterocycles. The van der Waals surface area contributed by atoms with Crippen LogP contribution in [0.1, 0.15) is 13.3 Å². The molecule has 0 aliphatic heterocycles. The third kappa shape index (κ3) is 6.14. The first-order valence-electron chi connectivity index (χ1n) is 6.06. The molecule has 4 heteroatoms. The van der Waals surface area contributed by atoms with Crippen molar-refractivity contribution in [3.63, 3.8) is 0 Å². The van der Waals surface area contributed by atoms with Crippen molar-refractivity contribution in [2.75, 3.05) is 38.9 Å². The average Bonchev–Trinajstić information content (AvgIpc) is 2.38. The van der Waals surface area contributed by atoms with Gasteiger partial charge in [-0.15, -0.1) is 0 Å². The molecule has 0 amide bonds. The van der Waals surface area contributed by atoms with Gasteiger partial charge in [0.2, 0.25) is 0 Å². The minimum absolute atomic E-state index is 0.618. The maximum atomic E-state index is 5.60. The number of rotatable bonds is 9. The summed E-state index contributed by atoms with van der Waals surface area (Å²) in [5, 5.41) is 6.25. The van der Waals surface area contributed by atoms with Crippen molar-refractivity contribution in [1.29, 1.82) is 0 Å². The Kier molecular flexibility index (Phi) is 7.18. The van der Waals surface area contributed by atoms with E-state index >= 15 is 0 Å². The van der Waals surface area contributed by atoms with Crippen LogP contribution in [0, 0.1) is 0 Å². The fourth-order valence-corrected chi connectivity index (χ4v) is 1.35. The predicted molar refractivity (Wildman–Crippen MR) is 70.6 cm³/mol. The largest absolute Gasteiger partial charge is 0.494 e. The van der Waals surface area contributed by atoms with Gasteiger partial charge in [-0.2, -0.15) is 0 Å². The zero-order valence-corrected chi connectivity index (χ0v) is 10.7. The highest BCUT2D eigenvalue weighted by molar-refractivity contribution is 5.45.